The van der Waals surface area contributed by atoms with Crippen molar-refractivity contribution < 1.29 is 24.2 Å². The van der Waals surface area contributed by atoms with Crippen LogP contribution in [0.2, 0.25) is 0 Å². The number of carbonyl (C=O) groups is 3. The second-order valence-electron chi connectivity index (χ2n) is 12.0. The molecule has 0 radical (unpaired) electrons. The highest BCUT2D eigenvalue weighted by Gasteiger charge is 2.80. The van der Waals surface area contributed by atoms with Crippen LogP contribution in [-0.2, 0) is 25.5 Å². The molecule has 0 aromatic heterocycles. The first-order valence-electron chi connectivity index (χ1n) is 14.4. The third kappa shape index (κ3) is 4.32. The van der Waals surface area contributed by atoms with Gasteiger partial charge in [-0.2, -0.15) is 0 Å². The van der Waals surface area contributed by atoms with Gasteiger partial charge in [0.25, 0.3) is 0 Å². The van der Waals surface area contributed by atoms with Crippen LogP contribution in [0.15, 0.2) is 48.5 Å². The molecule has 0 saturated carbocycles. The molecule has 7 atom stereocenters. The summed E-state index contributed by atoms with van der Waals surface area (Å²) in [5, 5.41) is 16.7. The minimum atomic E-state index is -1.18. The van der Waals surface area contributed by atoms with Gasteiger partial charge in [-0.05, 0) is 62.6 Å². The van der Waals surface area contributed by atoms with Gasteiger partial charge >= 0.3 is 0 Å². The summed E-state index contributed by atoms with van der Waals surface area (Å²) in [5.74, 6) is -2.47. The van der Waals surface area contributed by atoms with Gasteiger partial charge in [0, 0.05) is 12.2 Å². The predicted molar refractivity (Wildman–Crippen MR) is 152 cm³/mol. The minimum absolute atomic E-state index is 0.0499. The maximum Gasteiger partial charge on any atom is 0.250 e. The number of likely N-dealkylation sites (tertiary alicyclic amines) is 1. The molecule has 3 aliphatic heterocycles. The molecule has 3 N–H and O–H groups in total. The Kier molecular flexibility index (Phi) is 7.52. The Bertz CT molecular complexity index is 1280. The van der Waals surface area contributed by atoms with Crippen LogP contribution in [0.25, 0.3) is 0 Å². The zero-order chi connectivity index (χ0) is 28.8. The van der Waals surface area contributed by atoms with E-state index in [1.54, 1.807) is 4.90 Å². The van der Waals surface area contributed by atoms with Crippen molar-refractivity contribution in [3.63, 3.8) is 0 Å². The van der Waals surface area contributed by atoms with Gasteiger partial charge in [-0.25, -0.2) is 0 Å². The number of para-hydroxylation sites is 1. The summed E-state index contributed by atoms with van der Waals surface area (Å²) < 4.78 is 6.81. The largest absolute Gasteiger partial charge is 0.394 e. The highest BCUT2D eigenvalue weighted by Crippen LogP contribution is 2.65. The van der Waals surface area contributed by atoms with E-state index in [0.717, 1.165) is 23.1 Å². The Morgan fingerprint density at radius 2 is 1.77 bits per heavy atom. The molecule has 1 spiro atoms. The SMILES string of the molecule is CCCNC(=O)[C@H]1[C@H]2C(=O)N([C@@H](CO)Cc3ccccc3)C(C(=O)Nc3c(C)cccc3C)C23CC(C)[C@]1(C)O3. The molecular formula is C32H41N3O5. The summed E-state index contributed by atoms with van der Waals surface area (Å²) in [7, 11) is 0. The summed E-state index contributed by atoms with van der Waals surface area (Å²) in [5.41, 5.74) is 1.41. The van der Waals surface area contributed by atoms with E-state index in [-0.39, 0.29) is 30.2 Å². The van der Waals surface area contributed by atoms with Gasteiger partial charge in [-0.1, -0.05) is 62.4 Å². The fourth-order valence-corrected chi connectivity index (χ4v) is 7.47. The van der Waals surface area contributed by atoms with E-state index in [4.69, 9.17) is 4.74 Å². The number of aliphatic hydroxyl groups is 1. The Morgan fingerprint density at radius 1 is 1.10 bits per heavy atom. The van der Waals surface area contributed by atoms with Crippen molar-refractivity contribution in [1.82, 2.24) is 10.2 Å². The van der Waals surface area contributed by atoms with Crippen LogP contribution in [-0.4, -0.2) is 64.2 Å². The summed E-state index contributed by atoms with van der Waals surface area (Å²) in [6.07, 6.45) is 1.62. The number of nitrogens with zero attached hydrogens (tertiary/aromatic N) is 1. The summed E-state index contributed by atoms with van der Waals surface area (Å²) in [6, 6.07) is 13.8. The second-order valence-corrected chi connectivity index (χ2v) is 12.0. The molecule has 2 aromatic carbocycles. The fourth-order valence-electron chi connectivity index (χ4n) is 7.47. The van der Waals surface area contributed by atoms with E-state index in [0.29, 0.717) is 25.1 Å². The Hall–Kier alpha value is -3.23. The molecule has 3 saturated heterocycles. The maximum atomic E-state index is 14.5. The molecule has 0 aliphatic carbocycles. The fraction of sp³-hybridized carbons (Fsp3) is 0.531. The number of aryl methyl sites for hydroxylation is 2. The quantitative estimate of drug-likeness (QED) is 0.446. The number of amides is 3. The molecule has 3 unspecified atom stereocenters. The van der Waals surface area contributed by atoms with Gasteiger partial charge in [0.2, 0.25) is 17.7 Å². The minimum Gasteiger partial charge on any atom is -0.394 e. The monoisotopic (exact) mass is 547 g/mol. The van der Waals surface area contributed by atoms with E-state index in [1.165, 1.54) is 0 Å². The number of fused-ring (bicyclic) bond motifs is 1. The van der Waals surface area contributed by atoms with Crippen molar-refractivity contribution in [1.29, 1.82) is 0 Å². The number of benzene rings is 2. The van der Waals surface area contributed by atoms with Gasteiger partial charge in [0.05, 0.1) is 30.1 Å². The molecule has 5 rings (SSSR count). The molecule has 3 fully saturated rings. The predicted octanol–water partition coefficient (Wildman–Crippen LogP) is 3.38. The number of hydrogen-bond acceptors (Lipinski definition) is 5. The Labute approximate surface area is 236 Å². The van der Waals surface area contributed by atoms with Crippen molar-refractivity contribution in [3.8, 4) is 0 Å². The number of hydrogen-bond donors (Lipinski definition) is 3. The molecule has 3 heterocycles. The third-order valence-corrected chi connectivity index (χ3v) is 9.48. The molecule has 40 heavy (non-hydrogen) atoms. The van der Waals surface area contributed by atoms with E-state index in [9.17, 15) is 19.5 Å². The standard InChI is InChI=1S/C32H41N3O5/c1-6-15-33-28(37)24-25-30(39)35(23(18-36)16-22-13-8-7-9-14-22)27(32(25)17-21(4)31(24,5)40-32)29(38)34-26-19(2)11-10-12-20(26)3/h7-14,21,23-25,27,36H,6,15-18H2,1-5H3,(H,33,37)(H,34,38)/t21?,23-,24-,25+,27?,31+,32?/m1/s1. The summed E-state index contributed by atoms with van der Waals surface area (Å²) >= 11 is 0. The second kappa shape index (κ2) is 10.6. The number of rotatable bonds is 9. The zero-order valence-electron chi connectivity index (χ0n) is 24.1. The topological polar surface area (TPSA) is 108 Å². The molecule has 8 nitrogen and oxygen atoms in total. The van der Waals surface area contributed by atoms with Crippen LogP contribution in [0.1, 0.15) is 50.3 Å². The lowest BCUT2D eigenvalue weighted by Gasteiger charge is -2.37. The van der Waals surface area contributed by atoms with Crippen molar-refractivity contribution in [2.24, 2.45) is 17.8 Å². The van der Waals surface area contributed by atoms with E-state index in [2.05, 4.69) is 10.6 Å². The molecule has 3 aliphatic rings. The normalized spacial score (nSPS) is 31.2. The smallest absolute Gasteiger partial charge is 0.250 e. The van der Waals surface area contributed by atoms with Gasteiger partial charge in [-0.15, -0.1) is 0 Å². The van der Waals surface area contributed by atoms with Crippen LogP contribution in [0, 0.1) is 31.6 Å². The van der Waals surface area contributed by atoms with Crippen molar-refractivity contribution in [3.05, 3.63) is 65.2 Å². The number of carbonyl (C=O) groups excluding carboxylic acids is 3. The Morgan fingerprint density at radius 3 is 2.40 bits per heavy atom. The summed E-state index contributed by atoms with van der Waals surface area (Å²) in [6.45, 7) is 9.97. The first-order chi connectivity index (χ1) is 19.1. The van der Waals surface area contributed by atoms with Gasteiger partial charge in [0.15, 0.2) is 0 Å². The first kappa shape index (κ1) is 28.3. The lowest BCUT2D eigenvalue weighted by Crippen LogP contribution is -2.57. The number of nitrogens with one attached hydrogen (secondary N) is 2. The van der Waals surface area contributed by atoms with Crippen LogP contribution in [0.4, 0.5) is 5.69 Å². The molecule has 2 aromatic rings. The van der Waals surface area contributed by atoms with Crippen LogP contribution >= 0.6 is 0 Å². The van der Waals surface area contributed by atoms with Crippen LogP contribution in [0.3, 0.4) is 0 Å². The molecule has 2 bridgehead atoms. The van der Waals surface area contributed by atoms with Crippen molar-refractivity contribution >= 4 is 23.4 Å². The average Bonchev–Trinajstić information content (AvgIpc) is 3.45. The van der Waals surface area contributed by atoms with Crippen LogP contribution in [0.5, 0.6) is 0 Å². The first-order valence-corrected chi connectivity index (χ1v) is 14.4. The lowest BCUT2D eigenvalue weighted by atomic mass is 9.62. The third-order valence-electron chi connectivity index (χ3n) is 9.48. The highest BCUT2D eigenvalue weighted by molar-refractivity contribution is 6.04. The van der Waals surface area contributed by atoms with E-state index in [1.807, 2.05) is 83.1 Å². The highest BCUT2D eigenvalue weighted by atomic mass is 16.5. The lowest BCUT2D eigenvalue weighted by molar-refractivity contribution is -0.149. The van der Waals surface area contributed by atoms with Crippen LogP contribution < -0.4 is 10.6 Å². The van der Waals surface area contributed by atoms with Crippen molar-refractivity contribution in [2.75, 3.05) is 18.5 Å². The zero-order valence-corrected chi connectivity index (χ0v) is 24.1. The average molecular weight is 548 g/mol. The summed E-state index contributed by atoms with van der Waals surface area (Å²) in [4.78, 5) is 44.0. The number of anilines is 1. The van der Waals surface area contributed by atoms with E-state index < -0.39 is 35.1 Å². The maximum absolute atomic E-state index is 14.5. The number of aliphatic hydroxyl groups excluding tert-OH is 1. The molecule has 214 valence electrons. The van der Waals surface area contributed by atoms with Crippen molar-refractivity contribution in [2.45, 2.75) is 77.2 Å². The van der Waals surface area contributed by atoms with E-state index >= 15 is 0 Å². The number of ether oxygens (including phenoxy) is 1. The molecule has 8 heteroatoms. The van der Waals surface area contributed by atoms with Gasteiger partial charge in [-0.3, -0.25) is 14.4 Å². The molecule has 3 amide bonds. The Balaban J connectivity index is 1.60. The molecular weight excluding hydrogens is 506 g/mol. The van der Waals surface area contributed by atoms with Gasteiger partial charge in [0.1, 0.15) is 11.6 Å². The van der Waals surface area contributed by atoms with Gasteiger partial charge < -0.3 is 25.4 Å².